The van der Waals surface area contributed by atoms with Gasteiger partial charge in [-0.3, -0.25) is 14.9 Å². The van der Waals surface area contributed by atoms with Crippen LogP contribution in [-0.4, -0.2) is 17.4 Å². The number of halogens is 1. The van der Waals surface area contributed by atoms with E-state index in [9.17, 15) is 14.9 Å². The second-order valence-electron chi connectivity index (χ2n) is 4.30. The molecule has 2 rings (SSSR count). The van der Waals surface area contributed by atoms with Crippen LogP contribution in [0.4, 0.5) is 11.4 Å². The van der Waals surface area contributed by atoms with E-state index < -0.39 is 10.8 Å². The third-order valence-corrected chi connectivity index (χ3v) is 3.17. The number of hydrogen-bond acceptors (Lipinski definition) is 4. The highest BCUT2D eigenvalue weighted by atomic mass is 35.5. The molecule has 0 aliphatic heterocycles. The summed E-state index contributed by atoms with van der Waals surface area (Å²) < 4.78 is 5.41. The molecule has 2 aromatic rings. The molecule has 114 valence electrons. The fraction of sp³-hybridized carbons (Fsp3) is 0.133. The number of non-ortho nitro benzene ring substituents is 1. The fourth-order valence-electron chi connectivity index (χ4n) is 1.84. The average Bonchev–Trinajstić information content (AvgIpc) is 2.49. The van der Waals surface area contributed by atoms with Crippen molar-refractivity contribution in [3.8, 4) is 5.75 Å². The first kappa shape index (κ1) is 15.8. The maximum atomic E-state index is 12.3. The van der Waals surface area contributed by atoms with Gasteiger partial charge in [-0.05, 0) is 25.1 Å². The summed E-state index contributed by atoms with van der Waals surface area (Å²) in [6.45, 7) is 2.28. The van der Waals surface area contributed by atoms with Gasteiger partial charge in [0.2, 0.25) is 0 Å². The molecule has 0 spiro atoms. The number of ether oxygens (including phenoxy) is 1. The lowest BCUT2D eigenvalue weighted by molar-refractivity contribution is -0.384. The van der Waals surface area contributed by atoms with E-state index in [0.717, 1.165) is 6.07 Å². The molecule has 0 aliphatic rings. The Morgan fingerprint density at radius 3 is 2.73 bits per heavy atom. The van der Waals surface area contributed by atoms with Gasteiger partial charge < -0.3 is 10.1 Å². The highest BCUT2D eigenvalue weighted by molar-refractivity contribution is 6.34. The van der Waals surface area contributed by atoms with E-state index in [1.54, 1.807) is 24.3 Å². The number of nitro benzene ring substituents is 1. The number of nitrogens with zero attached hydrogens (tertiary/aromatic N) is 1. The second-order valence-corrected chi connectivity index (χ2v) is 4.71. The zero-order valence-corrected chi connectivity index (χ0v) is 12.5. The lowest BCUT2D eigenvalue weighted by atomic mass is 10.1. The zero-order chi connectivity index (χ0) is 16.1. The molecule has 0 atom stereocenters. The number of carbonyl (C=O) groups excluding carboxylic acids is 1. The Labute approximate surface area is 131 Å². The van der Waals surface area contributed by atoms with Crippen molar-refractivity contribution in [3.63, 3.8) is 0 Å². The minimum Gasteiger partial charge on any atom is -0.492 e. The third-order valence-electron chi connectivity index (χ3n) is 2.84. The second kappa shape index (κ2) is 6.91. The molecule has 0 aromatic heterocycles. The molecule has 0 heterocycles. The molecule has 0 saturated carbocycles. The van der Waals surface area contributed by atoms with Crippen molar-refractivity contribution < 1.29 is 14.5 Å². The number of benzene rings is 2. The summed E-state index contributed by atoms with van der Waals surface area (Å²) in [6.07, 6.45) is 0. The maximum absolute atomic E-state index is 12.3. The average molecular weight is 321 g/mol. The van der Waals surface area contributed by atoms with Crippen LogP contribution in [0.25, 0.3) is 0 Å². The first-order valence-corrected chi connectivity index (χ1v) is 6.88. The van der Waals surface area contributed by atoms with Gasteiger partial charge in [-0.25, -0.2) is 0 Å². The predicted octanol–water partition coefficient (Wildman–Crippen LogP) is 3.90. The lowest BCUT2D eigenvalue weighted by Crippen LogP contribution is -2.13. The van der Waals surface area contributed by atoms with Crippen LogP contribution >= 0.6 is 11.6 Å². The van der Waals surface area contributed by atoms with Crippen molar-refractivity contribution in [1.82, 2.24) is 0 Å². The van der Waals surface area contributed by atoms with Gasteiger partial charge in [-0.2, -0.15) is 0 Å². The van der Waals surface area contributed by atoms with E-state index in [1.807, 2.05) is 6.92 Å². The van der Waals surface area contributed by atoms with Gasteiger partial charge in [0.05, 0.1) is 27.8 Å². The molecule has 22 heavy (non-hydrogen) atoms. The number of nitro groups is 1. The molecule has 6 nitrogen and oxygen atoms in total. The van der Waals surface area contributed by atoms with E-state index in [4.69, 9.17) is 16.3 Å². The van der Waals surface area contributed by atoms with Crippen LogP contribution < -0.4 is 10.1 Å². The number of rotatable bonds is 5. The fourth-order valence-corrected chi connectivity index (χ4v) is 2.05. The number of para-hydroxylation sites is 2. The van der Waals surface area contributed by atoms with Gasteiger partial charge in [-0.1, -0.05) is 23.7 Å². The van der Waals surface area contributed by atoms with E-state index in [-0.39, 0.29) is 16.3 Å². The van der Waals surface area contributed by atoms with Gasteiger partial charge in [0.15, 0.2) is 0 Å². The topological polar surface area (TPSA) is 81.5 Å². The smallest absolute Gasteiger partial charge is 0.270 e. The molecule has 0 unspecified atom stereocenters. The van der Waals surface area contributed by atoms with Crippen LogP contribution in [0.3, 0.4) is 0 Å². The SMILES string of the molecule is CCOc1ccccc1NC(=O)c1cc([N+](=O)[O-])ccc1Cl. The number of carbonyl (C=O) groups is 1. The van der Waals surface area contributed by atoms with E-state index >= 15 is 0 Å². The molecule has 0 aliphatic carbocycles. The first-order valence-electron chi connectivity index (χ1n) is 6.50. The minimum absolute atomic E-state index is 0.0298. The van der Waals surface area contributed by atoms with Gasteiger partial charge in [0.25, 0.3) is 11.6 Å². The lowest BCUT2D eigenvalue weighted by Gasteiger charge is -2.11. The van der Waals surface area contributed by atoms with E-state index in [1.165, 1.54) is 12.1 Å². The number of nitrogens with one attached hydrogen (secondary N) is 1. The summed E-state index contributed by atoms with van der Waals surface area (Å²) in [6, 6.07) is 10.6. The number of anilines is 1. The van der Waals surface area contributed by atoms with Crippen molar-refractivity contribution in [2.24, 2.45) is 0 Å². The van der Waals surface area contributed by atoms with E-state index in [0.29, 0.717) is 18.0 Å². The Morgan fingerprint density at radius 2 is 2.05 bits per heavy atom. The molecule has 0 bridgehead atoms. The van der Waals surface area contributed by atoms with Crippen molar-refractivity contribution in [1.29, 1.82) is 0 Å². The zero-order valence-electron chi connectivity index (χ0n) is 11.7. The van der Waals surface area contributed by atoms with Crippen LogP contribution in [0.2, 0.25) is 5.02 Å². The molecule has 2 aromatic carbocycles. The Bertz CT molecular complexity index is 718. The Kier molecular flexibility index (Phi) is 4.95. The summed E-state index contributed by atoms with van der Waals surface area (Å²) in [5, 5.41) is 13.6. The molecular weight excluding hydrogens is 308 g/mol. The van der Waals surface area contributed by atoms with Crippen LogP contribution in [0, 0.1) is 10.1 Å². The van der Waals surface area contributed by atoms with Crippen LogP contribution in [0.15, 0.2) is 42.5 Å². The first-order chi connectivity index (χ1) is 10.5. The van der Waals surface area contributed by atoms with Crippen molar-refractivity contribution in [3.05, 3.63) is 63.2 Å². The van der Waals surface area contributed by atoms with Crippen molar-refractivity contribution in [2.45, 2.75) is 6.92 Å². The molecule has 0 fully saturated rings. The molecule has 7 heteroatoms. The van der Waals surface area contributed by atoms with E-state index in [2.05, 4.69) is 5.32 Å². The quantitative estimate of drug-likeness (QED) is 0.669. The molecular formula is C15H13ClN2O4. The highest BCUT2D eigenvalue weighted by Crippen LogP contribution is 2.27. The minimum atomic E-state index is -0.582. The molecule has 0 saturated heterocycles. The Balaban J connectivity index is 2.30. The predicted molar refractivity (Wildman–Crippen MR) is 83.7 cm³/mol. The monoisotopic (exact) mass is 320 g/mol. The van der Waals surface area contributed by atoms with Gasteiger partial charge in [-0.15, -0.1) is 0 Å². The number of hydrogen-bond donors (Lipinski definition) is 1. The third kappa shape index (κ3) is 3.53. The summed E-state index contributed by atoms with van der Waals surface area (Å²) in [4.78, 5) is 22.5. The molecule has 1 amide bonds. The van der Waals surface area contributed by atoms with Crippen molar-refractivity contribution in [2.75, 3.05) is 11.9 Å². The Hall–Kier alpha value is -2.60. The molecule has 1 N–H and O–H groups in total. The summed E-state index contributed by atoms with van der Waals surface area (Å²) in [7, 11) is 0. The summed E-state index contributed by atoms with van der Waals surface area (Å²) in [5.41, 5.74) is 0.298. The van der Waals surface area contributed by atoms with Crippen molar-refractivity contribution >= 4 is 28.9 Å². The van der Waals surface area contributed by atoms with Crippen LogP contribution in [0.1, 0.15) is 17.3 Å². The summed E-state index contributed by atoms with van der Waals surface area (Å²) in [5.74, 6) is -0.0271. The van der Waals surface area contributed by atoms with Gasteiger partial charge in [0.1, 0.15) is 5.75 Å². The largest absolute Gasteiger partial charge is 0.492 e. The summed E-state index contributed by atoms with van der Waals surface area (Å²) >= 11 is 5.95. The van der Waals surface area contributed by atoms with Crippen LogP contribution in [-0.2, 0) is 0 Å². The Morgan fingerprint density at radius 1 is 1.32 bits per heavy atom. The standard InChI is InChI=1S/C15H13ClN2O4/c1-2-22-14-6-4-3-5-13(14)17-15(19)11-9-10(18(20)21)7-8-12(11)16/h3-9H,2H2,1H3,(H,17,19). The normalized spacial score (nSPS) is 10.1. The highest BCUT2D eigenvalue weighted by Gasteiger charge is 2.17. The van der Waals surface area contributed by atoms with Gasteiger partial charge >= 0.3 is 0 Å². The number of amides is 1. The maximum Gasteiger partial charge on any atom is 0.270 e. The van der Waals surface area contributed by atoms with Crippen LogP contribution in [0.5, 0.6) is 5.75 Å². The van der Waals surface area contributed by atoms with Gasteiger partial charge in [0, 0.05) is 12.1 Å². The molecule has 0 radical (unpaired) electrons.